The van der Waals surface area contributed by atoms with E-state index < -0.39 is 24.0 Å². The van der Waals surface area contributed by atoms with Gasteiger partial charge >= 0.3 is 17.8 Å². The van der Waals surface area contributed by atoms with E-state index in [-0.39, 0.29) is 5.92 Å². The Bertz CT molecular complexity index is 711. The molecular weight excluding hydrogens is 398 g/mol. The second kappa shape index (κ2) is 9.78. The number of nitrogens with zero attached hydrogens (tertiary/aromatic N) is 1. The average Bonchev–Trinajstić information content (AvgIpc) is 2.98. The Kier molecular flexibility index (Phi) is 7.38. The van der Waals surface area contributed by atoms with Crippen LogP contribution in [0.2, 0.25) is 5.02 Å². The summed E-state index contributed by atoms with van der Waals surface area (Å²) in [4.78, 5) is 25.7. The number of piperidine rings is 1. The van der Waals surface area contributed by atoms with Gasteiger partial charge in [0.05, 0.1) is 6.61 Å². The molecular formula is C21H28ClNO6. The van der Waals surface area contributed by atoms with Crippen molar-refractivity contribution in [2.24, 2.45) is 5.92 Å². The molecule has 3 rings (SSSR count). The Labute approximate surface area is 176 Å². The SMILES string of the molecule is CCCCCN1CCC(CCOc2cccc(Cl)c2)C(OC)C12OC(=O)C(=O)O2. The number of esters is 2. The lowest BCUT2D eigenvalue weighted by molar-refractivity contribution is -0.322. The van der Waals surface area contributed by atoms with E-state index in [1.807, 2.05) is 17.0 Å². The highest BCUT2D eigenvalue weighted by atomic mass is 35.5. The molecule has 160 valence electrons. The number of hydrogen-bond acceptors (Lipinski definition) is 7. The van der Waals surface area contributed by atoms with Gasteiger partial charge in [-0.25, -0.2) is 14.5 Å². The fourth-order valence-electron chi connectivity index (χ4n) is 4.06. The highest BCUT2D eigenvalue weighted by Crippen LogP contribution is 2.41. The lowest BCUT2D eigenvalue weighted by Gasteiger charge is -2.48. The molecule has 0 saturated carbocycles. The molecule has 0 amide bonds. The molecule has 2 atom stereocenters. The monoisotopic (exact) mass is 425 g/mol. The van der Waals surface area contributed by atoms with Gasteiger partial charge in [0, 0.05) is 25.2 Å². The van der Waals surface area contributed by atoms with E-state index >= 15 is 0 Å². The molecule has 2 saturated heterocycles. The number of hydrogen-bond donors (Lipinski definition) is 0. The fourth-order valence-corrected chi connectivity index (χ4v) is 4.24. The van der Waals surface area contributed by atoms with Crippen LogP contribution < -0.4 is 4.74 Å². The predicted octanol–water partition coefficient (Wildman–Crippen LogP) is 3.39. The van der Waals surface area contributed by atoms with Gasteiger partial charge in [0.25, 0.3) is 0 Å². The summed E-state index contributed by atoms with van der Waals surface area (Å²) in [5.41, 5.74) is 0. The molecule has 8 heteroatoms. The minimum Gasteiger partial charge on any atom is -0.494 e. The number of rotatable bonds is 9. The maximum absolute atomic E-state index is 11.9. The number of methoxy groups -OCH3 is 1. The number of benzene rings is 1. The number of unbranched alkanes of at least 4 members (excludes halogenated alkanes) is 2. The Morgan fingerprint density at radius 3 is 2.66 bits per heavy atom. The molecule has 1 aromatic carbocycles. The predicted molar refractivity (Wildman–Crippen MR) is 106 cm³/mol. The van der Waals surface area contributed by atoms with Gasteiger partial charge in [-0.3, -0.25) is 0 Å². The van der Waals surface area contributed by atoms with Gasteiger partial charge in [0.15, 0.2) is 6.10 Å². The topological polar surface area (TPSA) is 74.3 Å². The normalized spacial score (nSPS) is 23.8. The summed E-state index contributed by atoms with van der Waals surface area (Å²) in [6, 6.07) is 7.22. The van der Waals surface area contributed by atoms with Gasteiger partial charge in [-0.2, -0.15) is 0 Å². The van der Waals surface area contributed by atoms with E-state index in [1.54, 1.807) is 19.2 Å². The molecule has 2 fully saturated rings. The summed E-state index contributed by atoms with van der Waals surface area (Å²) in [5, 5.41) is 0.612. The van der Waals surface area contributed by atoms with E-state index in [4.69, 9.17) is 30.5 Å². The van der Waals surface area contributed by atoms with E-state index in [0.717, 1.165) is 25.7 Å². The lowest BCUT2D eigenvalue weighted by atomic mass is 9.87. The molecule has 29 heavy (non-hydrogen) atoms. The zero-order chi connectivity index (χ0) is 20.9. The van der Waals surface area contributed by atoms with Crippen LogP contribution in [0.4, 0.5) is 0 Å². The first-order chi connectivity index (χ1) is 14.0. The highest BCUT2D eigenvalue weighted by Gasteiger charge is 2.62. The molecule has 0 aromatic heterocycles. The first-order valence-electron chi connectivity index (χ1n) is 10.1. The van der Waals surface area contributed by atoms with Gasteiger partial charge in [-0.1, -0.05) is 37.4 Å². The Balaban J connectivity index is 1.69. The zero-order valence-corrected chi connectivity index (χ0v) is 17.7. The molecule has 7 nitrogen and oxygen atoms in total. The number of likely N-dealkylation sites (tertiary alicyclic amines) is 1. The van der Waals surface area contributed by atoms with Crippen molar-refractivity contribution in [2.45, 2.75) is 51.0 Å². The van der Waals surface area contributed by atoms with Gasteiger partial charge < -0.3 is 18.9 Å². The maximum Gasteiger partial charge on any atom is 0.422 e. The fraction of sp³-hybridized carbons (Fsp3) is 0.619. The van der Waals surface area contributed by atoms with Crippen molar-refractivity contribution in [3.63, 3.8) is 0 Å². The summed E-state index contributed by atoms with van der Waals surface area (Å²) in [6.45, 7) is 3.88. The van der Waals surface area contributed by atoms with Crippen molar-refractivity contribution in [3.8, 4) is 5.75 Å². The third kappa shape index (κ3) is 4.85. The van der Waals surface area contributed by atoms with Crippen LogP contribution in [0.25, 0.3) is 0 Å². The van der Waals surface area contributed by atoms with E-state index in [2.05, 4.69) is 6.92 Å². The molecule has 0 radical (unpaired) electrons. The average molecular weight is 426 g/mol. The maximum atomic E-state index is 11.9. The van der Waals surface area contributed by atoms with Crippen LogP contribution in [0, 0.1) is 5.92 Å². The highest BCUT2D eigenvalue weighted by molar-refractivity contribution is 6.31. The van der Waals surface area contributed by atoms with Gasteiger partial charge in [0.1, 0.15) is 5.75 Å². The third-order valence-electron chi connectivity index (χ3n) is 5.48. The Morgan fingerprint density at radius 1 is 1.24 bits per heavy atom. The molecule has 1 aromatic rings. The summed E-state index contributed by atoms with van der Waals surface area (Å²) >= 11 is 5.99. The number of ether oxygens (including phenoxy) is 4. The van der Waals surface area contributed by atoms with Gasteiger partial charge in [-0.05, 0) is 43.4 Å². The molecule has 2 aliphatic rings. The van der Waals surface area contributed by atoms with E-state index in [9.17, 15) is 9.59 Å². The number of carbonyl (C=O) groups excluding carboxylic acids is 2. The summed E-state index contributed by atoms with van der Waals surface area (Å²) in [6.07, 6.45) is 3.93. The van der Waals surface area contributed by atoms with E-state index in [1.165, 1.54) is 0 Å². The number of carbonyl (C=O) groups is 2. The third-order valence-corrected chi connectivity index (χ3v) is 5.72. The van der Waals surface area contributed by atoms with Crippen LogP contribution in [-0.2, 0) is 23.8 Å². The second-order valence-corrected chi connectivity index (χ2v) is 7.84. The summed E-state index contributed by atoms with van der Waals surface area (Å²) in [5.74, 6) is -2.74. The molecule has 0 aliphatic carbocycles. The molecule has 2 unspecified atom stereocenters. The zero-order valence-electron chi connectivity index (χ0n) is 16.9. The lowest BCUT2D eigenvalue weighted by Crippen LogP contribution is -2.65. The molecule has 1 spiro atoms. The smallest absolute Gasteiger partial charge is 0.422 e. The van der Waals surface area contributed by atoms with Crippen LogP contribution in [0.1, 0.15) is 39.0 Å². The Hall–Kier alpha value is -1.83. The molecule has 2 aliphatic heterocycles. The van der Waals surface area contributed by atoms with Crippen molar-refractivity contribution < 1.29 is 28.5 Å². The molecule has 2 heterocycles. The van der Waals surface area contributed by atoms with Crippen molar-refractivity contribution in [3.05, 3.63) is 29.3 Å². The Morgan fingerprint density at radius 2 is 2.00 bits per heavy atom. The van der Waals surface area contributed by atoms with Crippen LogP contribution in [0.5, 0.6) is 5.75 Å². The summed E-state index contributed by atoms with van der Waals surface area (Å²) in [7, 11) is 1.55. The van der Waals surface area contributed by atoms with Crippen LogP contribution >= 0.6 is 11.6 Å². The van der Waals surface area contributed by atoms with Gasteiger partial charge in [-0.15, -0.1) is 0 Å². The van der Waals surface area contributed by atoms with Crippen LogP contribution in [-0.4, -0.2) is 55.7 Å². The van der Waals surface area contributed by atoms with Crippen LogP contribution in [0.15, 0.2) is 24.3 Å². The van der Waals surface area contributed by atoms with Crippen molar-refractivity contribution >= 4 is 23.5 Å². The standard InChI is InChI=1S/C21H28ClNO6/c1-3-4-5-11-23-12-9-15(10-13-27-17-8-6-7-16(22)14-17)18(26-2)21(23)28-19(24)20(25)29-21/h6-8,14-15,18H,3-5,9-13H2,1-2H3. The van der Waals surface area contributed by atoms with Gasteiger partial charge in [0.2, 0.25) is 0 Å². The quantitative estimate of drug-likeness (QED) is 0.341. The van der Waals surface area contributed by atoms with Crippen molar-refractivity contribution in [2.75, 3.05) is 26.8 Å². The molecule has 0 bridgehead atoms. The van der Waals surface area contributed by atoms with Crippen LogP contribution in [0.3, 0.4) is 0 Å². The first kappa shape index (κ1) is 21.9. The second-order valence-electron chi connectivity index (χ2n) is 7.40. The van der Waals surface area contributed by atoms with Crippen molar-refractivity contribution in [1.82, 2.24) is 4.90 Å². The minimum atomic E-state index is -1.49. The largest absolute Gasteiger partial charge is 0.494 e. The minimum absolute atomic E-state index is 0.000286. The van der Waals surface area contributed by atoms with E-state index in [0.29, 0.717) is 36.9 Å². The summed E-state index contributed by atoms with van der Waals surface area (Å²) < 4.78 is 22.5. The van der Waals surface area contributed by atoms with Crippen molar-refractivity contribution in [1.29, 1.82) is 0 Å². The number of halogens is 1. The first-order valence-corrected chi connectivity index (χ1v) is 10.5. The molecule has 0 N–H and O–H groups in total.